The zero-order valence-corrected chi connectivity index (χ0v) is 21.4. The first-order valence-corrected chi connectivity index (χ1v) is 12.9. The molecule has 31 heavy (non-hydrogen) atoms. The highest BCUT2D eigenvalue weighted by Crippen LogP contribution is 2.40. The van der Waals surface area contributed by atoms with Crippen molar-refractivity contribution in [1.82, 2.24) is 4.90 Å². The second kappa shape index (κ2) is 10.1. The van der Waals surface area contributed by atoms with E-state index < -0.39 is 0 Å². The number of amides is 1. The number of halogens is 3. The Morgan fingerprint density at radius 3 is 2.52 bits per heavy atom. The van der Waals surface area contributed by atoms with Crippen LogP contribution in [0.2, 0.25) is 0 Å². The molecule has 1 heterocycles. The lowest BCUT2D eigenvalue weighted by Crippen LogP contribution is -2.39. The first kappa shape index (κ1) is 23.0. The van der Waals surface area contributed by atoms with Crippen LogP contribution in [-0.2, 0) is 11.4 Å². The number of benzene rings is 2. The fourth-order valence-electron chi connectivity index (χ4n) is 3.85. The number of thiocarbonyl (C=S) groups is 1. The minimum absolute atomic E-state index is 0.00553. The summed E-state index contributed by atoms with van der Waals surface area (Å²) in [6.45, 7) is 0.114. The smallest absolute Gasteiger partial charge is 0.266 e. The molecule has 0 aromatic heterocycles. The lowest BCUT2D eigenvalue weighted by atomic mass is 9.94. The molecule has 2 fully saturated rings. The van der Waals surface area contributed by atoms with E-state index in [9.17, 15) is 9.18 Å². The van der Waals surface area contributed by atoms with Crippen LogP contribution in [0, 0.1) is 5.82 Å². The molecule has 1 saturated carbocycles. The van der Waals surface area contributed by atoms with Crippen molar-refractivity contribution in [1.29, 1.82) is 0 Å². The summed E-state index contributed by atoms with van der Waals surface area (Å²) in [5.41, 5.74) is 1.33. The minimum Gasteiger partial charge on any atom is -0.486 e. The zero-order chi connectivity index (χ0) is 22.0. The Labute approximate surface area is 207 Å². The number of carbonyl (C=O) groups excluding carboxylic acids is 1. The van der Waals surface area contributed by atoms with Crippen molar-refractivity contribution in [3.05, 3.63) is 67.2 Å². The van der Waals surface area contributed by atoms with Gasteiger partial charge in [0.1, 0.15) is 22.5 Å². The van der Waals surface area contributed by atoms with Gasteiger partial charge < -0.3 is 4.74 Å². The molecular formula is C23H20Br2FNO2S2. The third kappa shape index (κ3) is 5.24. The van der Waals surface area contributed by atoms with Crippen molar-refractivity contribution < 1.29 is 13.9 Å². The monoisotopic (exact) mass is 583 g/mol. The highest BCUT2D eigenvalue weighted by Gasteiger charge is 2.37. The molecule has 2 aromatic rings. The second-order valence-electron chi connectivity index (χ2n) is 7.54. The fourth-order valence-corrected chi connectivity index (χ4v) is 6.70. The van der Waals surface area contributed by atoms with Gasteiger partial charge in [0.25, 0.3) is 5.91 Å². The SMILES string of the molecule is O=C1/C(=C\c2cc(Br)c(OCc3ccccc3F)c(Br)c2)SC(=S)N1C1CCCCC1. The van der Waals surface area contributed by atoms with E-state index >= 15 is 0 Å². The van der Waals surface area contributed by atoms with Gasteiger partial charge in [0, 0.05) is 11.6 Å². The third-order valence-corrected chi connectivity index (χ3v) is 7.92. The van der Waals surface area contributed by atoms with Gasteiger partial charge in [-0.2, -0.15) is 0 Å². The molecule has 4 rings (SSSR count). The Kier molecular flexibility index (Phi) is 7.52. The molecule has 0 atom stereocenters. The van der Waals surface area contributed by atoms with Crippen LogP contribution in [-0.4, -0.2) is 21.2 Å². The first-order valence-electron chi connectivity index (χ1n) is 10.1. The van der Waals surface area contributed by atoms with Crippen LogP contribution in [0.4, 0.5) is 4.39 Å². The van der Waals surface area contributed by atoms with Crippen LogP contribution in [0.1, 0.15) is 43.2 Å². The third-order valence-electron chi connectivity index (χ3n) is 5.41. The molecule has 3 nitrogen and oxygen atoms in total. The van der Waals surface area contributed by atoms with E-state index in [1.165, 1.54) is 24.2 Å². The molecule has 0 bridgehead atoms. The van der Waals surface area contributed by atoms with E-state index in [0.29, 0.717) is 29.5 Å². The van der Waals surface area contributed by atoms with Crippen LogP contribution < -0.4 is 4.74 Å². The van der Waals surface area contributed by atoms with Gasteiger partial charge in [-0.15, -0.1) is 0 Å². The maximum absolute atomic E-state index is 13.9. The molecule has 1 amide bonds. The van der Waals surface area contributed by atoms with Gasteiger partial charge in [-0.05, 0) is 74.5 Å². The normalized spacial score (nSPS) is 18.8. The van der Waals surface area contributed by atoms with Gasteiger partial charge in [0.2, 0.25) is 0 Å². The predicted octanol–water partition coefficient (Wildman–Crippen LogP) is 7.46. The Morgan fingerprint density at radius 1 is 1.16 bits per heavy atom. The number of carbonyl (C=O) groups is 1. The van der Waals surface area contributed by atoms with Crippen LogP contribution in [0.15, 0.2) is 50.2 Å². The van der Waals surface area contributed by atoms with Crippen molar-refractivity contribution >= 4 is 72.1 Å². The largest absolute Gasteiger partial charge is 0.486 e. The molecule has 8 heteroatoms. The van der Waals surface area contributed by atoms with Crippen LogP contribution >= 0.6 is 55.8 Å². The molecule has 0 N–H and O–H groups in total. The van der Waals surface area contributed by atoms with Crippen LogP contribution in [0.5, 0.6) is 5.75 Å². The van der Waals surface area contributed by atoms with Crippen molar-refractivity contribution in [2.75, 3.05) is 0 Å². The molecule has 0 radical (unpaired) electrons. The second-order valence-corrected chi connectivity index (χ2v) is 10.9. The van der Waals surface area contributed by atoms with Gasteiger partial charge in [-0.25, -0.2) is 4.39 Å². The summed E-state index contributed by atoms with van der Waals surface area (Å²) < 4.78 is 21.8. The Hall–Kier alpha value is -1.22. The van der Waals surface area contributed by atoms with Gasteiger partial charge in [-0.3, -0.25) is 9.69 Å². The van der Waals surface area contributed by atoms with Crippen molar-refractivity contribution in [3.63, 3.8) is 0 Å². The van der Waals surface area contributed by atoms with Gasteiger partial charge in [-0.1, -0.05) is 61.4 Å². The predicted molar refractivity (Wildman–Crippen MR) is 134 cm³/mol. The first-order chi connectivity index (χ1) is 14.9. The summed E-state index contributed by atoms with van der Waals surface area (Å²) in [6, 6.07) is 10.5. The maximum Gasteiger partial charge on any atom is 0.266 e. The highest BCUT2D eigenvalue weighted by atomic mass is 79.9. The Balaban J connectivity index is 1.51. The minimum atomic E-state index is -0.300. The molecule has 2 aromatic carbocycles. The Bertz CT molecular complexity index is 1030. The lowest BCUT2D eigenvalue weighted by Gasteiger charge is -2.29. The van der Waals surface area contributed by atoms with Crippen molar-refractivity contribution in [2.24, 2.45) is 0 Å². The van der Waals surface area contributed by atoms with Crippen molar-refractivity contribution in [3.8, 4) is 5.75 Å². The number of hydrogen-bond acceptors (Lipinski definition) is 4. The van der Waals surface area contributed by atoms with Gasteiger partial charge >= 0.3 is 0 Å². The van der Waals surface area contributed by atoms with E-state index in [1.807, 2.05) is 18.2 Å². The molecule has 1 aliphatic heterocycles. The standard InChI is InChI=1S/C23H20Br2FNO2S2/c24-17-10-14(11-18(25)21(17)29-13-15-6-4-5-9-19(15)26)12-20-22(28)27(23(30)31-20)16-7-2-1-3-8-16/h4-6,9-12,16H,1-3,7-8,13H2/b20-12+. The van der Waals surface area contributed by atoms with E-state index in [0.717, 1.165) is 31.2 Å². The molecule has 162 valence electrons. The topological polar surface area (TPSA) is 29.5 Å². The molecule has 2 aliphatic rings. The summed E-state index contributed by atoms with van der Waals surface area (Å²) in [4.78, 5) is 15.5. The van der Waals surface area contributed by atoms with E-state index in [2.05, 4.69) is 31.9 Å². The average Bonchev–Trinajstić information content (AvgIpc) is 3.02. The summed E-state index contributed by atoms with van der Waals surface area (Å²) in [5, 5.41) is 0. The summed E-state index contributed by atoms with van der Waals surface area (Å²) in [7, 11) is 0. The average molecular weight is 585 g/mol. The van der Waals surface area contributed by atoms with Gasteiger partial charge in [0.15, 0.2) is 0 Å². The lowest BCUT2D eigenvalue weighted by molar-refractivity contribution is -0.124. The fraction of sp³-hybridized carbons (Fsp3) is 0.304. The van der Waals surface area contributed by atoms with E-state index in [1.54, 1.807) is 23.1 Å². The summed E-state index contributed by atoms with van der Waals surface area (Å²) >= 11 is 13.9. The zero-order valence-electron chi connectivity index (χ0n) is 16.6. The molecule has 1 aliphatic carbocycles. The number of nitrogens with zero attached hydrogens (tertiary/aromatic N) is 1. The summed E-state index contributed by atoms with van der Waals surface area (Å²) in [6.07, 6.45) is 7.42. The number of thioether (sulfide) groups is 1. The van der Waals surface area contributed by atoms with Gasteiger partial charge in [0.05, 0.1) is 13.9 Å². The maximum atomic E-state index is 13.9. The summed E-state index contributed by atoms with van der Waals surface area (Å²) in [5.74, 6) is 0.274. The molecule has 0 spiro atoms. The van der Waals surface area contributed by atoms with Crippen LogP contribution in [0.25, 0.3) is 6.08 Å². The Morgan fingerprint density at radius 2 is 1.84 bits per heavy atom. The molecule has 1 saturated heterocycles. The van der Waals surface area contributed by atoms with E-state index in [4.69, 9.17) is 17.0 Å². The number of rotatable bonds is 5. The molecule has 0 unspecified atom stereocenters. The van der Waals surface area contributed by atoms with E-state index in [-0.39, 0.29) is 24.4 Å². The molecular weight excluding hydrogens is 565 g/mol. The van der Waals surface area contributed by atoms with Crippen molar-refractivity contribution in [2.45, 2.75) is 44.8 Å². The number of ether oxygens (including phenoxy) is 1. The highest BCUT2D eigenvalue weighted by molar-refractivity contribution is 9.11. The number of hydrogen-bond donors (Lipinski definition) is 0. The quantitative estimate of drug-likeness (QED) is 0.269. The van der Waals surface area contributed by atoms with Crippen LogP contribution in [0.3, 0.4) is 0 Å².